The molecule has 4 nitrogen and oxygen atoms in total. The number of esters is 2. The topological polar surface area (TPSA) is 52.6 Å². The monoisotopic (exact) mass is 436 g/mol. The van der Waals surface area contributed by atoms with Crippen molar-refractivity contribution in [3.63, 3.8) is 0 Å². The van der Waals surface area contributed by atoms with Crippen LogP contribution in [0.2, 0.25) is 0 Å². The minimum atomic E-state index is -5.72. The Balaban J connectivity index is 0. The van der Waals surface area contributed by atoms with Crippen molar-refractivity contribution in [3.8, 4) is 0 Å². The summed E-state index contributed by atoms with van der Waals surface area (Å²) in [4.78, 5) is 21.0. The molecule has 0 unspecified atom stereocenters. The van der Waals surface area contributed by atoms with Crippen LogP contribution in [0.3, 0.4) is 0 Å². The first-order valence-electron chi connectivity index (χ1n) is 6.70. The summed E-state index contributed by atoms with van der Waals surface area (Å²) in [5.74, 6) is -12.6. The predicted molar refractivity (Wildman–Crippen MR) is 73.6 cm³/mol. The van der Waals surface area contributed by atoms with Crippen LogP contribution in [0.25, 0.3) is 0 Å². The highest BCUT2D eigenvalue weighted by molar-refractivity contribution is 5.87. The maximum atomic E-state index is 12.1. The first-order chi connectivity index (χ1) is 12.2. The summed E-state index contributed by atoms with van der Waals surface area (Å²) in [5, 5.41) is 0. The number of carbonyl (C=O) groups excluding carboxylic acids is 2. The molecule has 0 aliphatic rings. The highest BCUT2D eigenvalue weighted by Crippen LogP contribution is 2.36. The van der Waals surface area contributed by atoms with Gasteiger partial charge in [-0.3, -0.25) is 0 Å². The van der Waals surface area contributed by atoms with Crippen LogP contribution in [0.1, 0.15) is 13.8 Å². The predicted octanol–water partition coefficient (Wildman–Crippen LogP) is 4.61. The van der Waals surface area contributed by atoms with E-state index in [1.807, 2.05) is 0 Å². The molecule has 0 radical (unpaired) electrons. The van der Waals surface area contributed by atoms with Crippen LogP contribution in [0, 0.1) is 0 Å². The molecule has 0 amide bonds. The molecular weight excluding hydrogens is 422 g/mol. The number of hydrogen-bond donors (Lipinski definition) is 0. The van der Waals surface area contributed by atoms with E-state index in [0.717, 1.165) is 13.8 Å². The normalized spacial score (nSPS) is 12.4. The van der Waals surface area contributed by atoms with Crippen molar-refractivity contribution in [3.05, 3.63) is 24.3 Å². The largest absolute Gasteiger partial charge is 0.456 e. The number of hydrogen-bond acceptors (Lipinski definition) is 4. The second kappa shape index (κ2) is 9.78. The molecule has 0 N–H and O–H groups in total. The van der Waals surface area contributed by atoms with Crippen molar-refractivity contribution in [2.24, 2.45) is 0 Å². The molecule has 0 rings (SSSR count). The Bertz CT molecular complexity index is 538. The quantitative estimate of drug-likeness (QED) is 0.347. The molecular formula is C14H14F10O4. The van der Waals surface area contributed by atoms with Crippen molar-refractivity contribution in [1.82, 2.24) is 0 Å². The molecule has 164 valence electrons. The van der Waals surface area contributed by atoms with E-state index in [4.69, 9.17) is 0 Å². The molecule has 0 heterocycles. The zero-order valence-electron chi connectivity index (χ0n) is 14.2. The highest BCUT2D eigenvalue weighted by Gasteiger charge is 2.59. The number of halogens is 10. The van der Waals surface area contributed by atoms with Crippen LogP contribution in [-0.4, -0.2) is 49.4 Å². The van der Waals surface area contributed by atoms with E-state index in [-0.39, 0.29) is 11.1 Å². The molecule has 0 aromatic rings. The van der Waals surface area contributed by atoms with Gasteiger partial charge in [0.25, 0.3) is 0 Å². The smallest absolute Gasteiger partial charge is 0.456 e. The molecule has 0 saturated heterocycles. The second-order valence-electron chi connectivity index (χ2n) is 5.12. The van der Waals surface area contributed by atoms with Crippen molar-refractivity contribution >= 4 is 11.9 Å². The number of rotatable bonds is 6. The van der Waals surface area contributed by atoms with Crippen LogP contribution in [0.15, 0.2) is 24.3 Å². The van der Waals surface area contributed by atoms with Crippen molar-refractivity contribution in [1.29, 1.82) is 0 Å². The number of carbonyl (C=O) groups is 2. The van der Waals surface area contributed by atoms with E-state index in [0.29, 0.717) is 0 Å². The van der Waals surface area contributed by atoms with Gasteiger partial charge in [-0.05, 0) is 13.8 Å². The summed E-state index contributed by atoms with van der Waals surface area (Å²) in [6.07, 6.45) is -11.4. The van der Waals surface area contributed by atoms with Gasteiger partial charge in [0, 0.05) is 11.1 Å². The van der Waals surface area contributed by atoms with E-state index >= 15 is 0 Å². The van der Waals surface area contributed by atoms with Crippen LogP contribution >= 0.6 is 0 Å². The Kier molecular flexibility index (Phi) is 9.75. The van der Waals surface area contributed by atoms with Gasteiger partial charge >= 0.3 is 36.1 Å². The van der Waals surface area contributed by atoms with Crippen molar-refractivity contribution in [2.45, 2.75) is 38.0 Å². The minimum absolute atomic E-state index is 0.247. The SMILES string of the molecule is C=C(C)C(=O)OCC(F)(F)C(F)(F)F.C=C(C)C(=O)OCC(F)(F)C(F)(F)F. The summed E-state index contributed by atoms with van der Waals surface area (Å²) in [5.41, 5.74) is -0.494. The fraction of sp³-hybridized carbons (Fsp3) is 0.571. The zero-order chi connectivity index (χ0) is 23.1. The average molecular weight is 436 g/mol. The molecule has 0 bridgehead atoms. The van der Waals surface area contributed by atoms with Gasteiger partial charge in [-0.25, -0.2) is 9.59 Å². The van der Waals surface area contributed by atoms with Gasteiger partial charge in [0.05, 0.1) is 0 Å². The molecule has 0 aromatic heterocycles. The average Bonchev–Trinajstić information content (AvgIpc) is 2.48. The lowest BCUT2D eigenvalue weighted by Crippen LogP contribution is -2.41. The van der Waals surface area contributed by atoms with E-state index in [2.05, 4.69) is 22.6 Å². The first-order valence-corrected chi connectivity index (χ1v) is 6.70. The molecule has 0 atom stereocenters. The fourth-order valence-electron chi connectivity index (χ4n) is 0.722. The Morgan fingerprint density at radius 2 is 0.857 bits per heavy atom. The Hall–Kier alpha value is -2.28. The van der Waals surface area contributed by atoms with Gasteiger partial charge in [0.15, 0.2) is 13.2 Å². The first kappa shape index (κ1) is 27.9. The summed E-state index contributed by atoms with van der Waals surface area (Å²) < 4.78 is 125. The van der Waals surface area contributed by atoms with Crippen molar-refractivity contribution in [2.75, 3.05) is 13.2 Å². The summed E-state index contributed by atoms with van der Waals surface area (Å²) in [6, 6.07) is 0. The third kappa shape index (κ3) is 9.60. The lowest BCUT2D eigenvalue weighted by atomic mass is 10.3. The maximum absolute atomic E-state index is 12.1. The lowest BCUT2D eigenvalue weighted by molar-refractivity contribution is -0.293. The van der Waals surface area contributed by atoms with Gasteiger partial charge in [0.1, 0.15) is 0 Å². The summed E-state index contributed by atoms with van der Waals surface area (Å²) in [6.45, 7) is 4.25. The minimum Gasteiger partial charge on any atom is -0.456 e. The molecule has 28 heavy (non-hydrogen) atoms. The summed E-state index contributed by atoms with van der Waals surface area (Å²) in [7, 11) is 0. The molecule has 0 fully saturated rings. The third-order valence-corrected chi connectivity index (χ3v) is 2.30. The fourth-order valence-corrected chi connectivity index (χ4v) is 0.722. The Morgan fingerprint density at radius 3 is 1.00 bits per heavy atom. The summed E-state index contributed by atoms with van der Waals surface area (Å²) >= 11 is 0. The molecule has 0 aliphatic carbocycles. The van der Waals surface area contributed by atoms with Gasteiger partial charge in [-0.1, -0.05) is 13.2 Å². The van der Waals surface area contributed by atoms with Crippen LogP contribution in [-0.2, 0) is 19.1 Å². The van der Waals surface area contributed by atoms with Gasteiger partial charge in [0.2, 0.25) is 0 Å². The number of ether oxygens (including phenoxy) is 2. The zero-order valence-corrected chi connectivity index (χ0v) is 14.2. The standard InChI is InChI=1S/2C7H7F5O2/c2*1-4(2)5(13)14-3-6(8,9)7(10,11)12/h2*1,3H2,2H3. The van der Waals surface area contributed by atoms with Crippen LogP contribution in [0.4, 0.5) is 43.9 Å². The van der Waals surface area contributed by atoms with E-state index < -0.39 is 49.4 Å². The lowest BCUT2D eigenvalue weighted by Gasteiger charge is -2.18. The molecule has 14 heteroatoms. The van der Waals surface area contributed by atoms with Gasteiger partial charge < -0.3 is 9.47 Å². The molecule has 0 aromatic carbocycles. The third-order valence-electron chi connectivity index (χ3n) is 2.30. The van der Waals surface area contributed by atoms with Gasteiger partial charge in [-0.15, -0.1) is 0 Å². The molecule has 0 saturated carbocycles. The Morgan fingerprint density at radius 1 is 0.643 bits per heavy atom. The second-order valence-corrected chi connectivity index (χ2v) is 5.12. The van der Waals surface area contributed by atoms with Gasteiger partial charge in [-0.2, -0.15) is 43.9 Å². The highest BCUT2D eigenvalue weighted by atomic mass is 19.4. The number of alkyl halides is 10. The van der Waals surface area contributed by atoms with E-state index in [9.17, 15) is 53.5 Å². The van der Waals surface area contributed by atoms with E-state index in [1.54, 1.807) is 0 Å². The Labute approximate surface area is 151 Å². The van der Waals surface area contributed by atoms with E-state index in [1.165, 1.54) is 0 Å². The van der Waals surface area contributed by atoms with Crippen molar-refractivity contribution < 1.29 is 63.0 Å². The maximum Gasteiger partial charge on any atom is 0.456 e. The molecule has 0 spiro atoms. The van der Waals surface area contributed by atoms with Crippen LogP contribution < -0.4 is 0 Å². The molecule has 0 aliphatic heterocycles. The van der Waals surface area contributed by atoms with Crippen LogP contribution in [0.5, 0.6) is 0 Å².